The predicted molar refractivity (Wildman–Crippen MR) is 56.7 cm³/mol. The molecule has 0 saturated heterocycles. The fourth-order valence-electron chi connectivity index (χ4n) is 1.03. The molecule has 4 N–H and O–H groups in total. The lowest BCUT2D eigenvalue weighted by Gasteiger charge is -2.07. The van der Waals surface area contributed by atoms with Gasteiger partial charge in [0.15, 0.2) is 0 Å². The first-order chi connectivity index (χ1) is 7.52. The molecule has 0 aliphatic heterocycles. The third-order valence-corrected chi connectivity index (χ3v) is 2.00. The first kappa shape index (κ1) is 12.2. The zero-order valence-electron chi connectivity index (χ0n) is 8.88. The van der Waals surface area contributed by atoms with E-state index >= 15 is 0 Å². The Hall–Kier alpha value is -1.89. The van der Waals surface area contributed by atoms with E-state index in [1.54, 1.807) is 6.92 Å². The monoisotopic (exact) mass is 226 g/mol. The van der Waals surface area contributed by atoms with Crippen molar-refractivity contribution in [1.82, 2.24) is 9.78 Å². The van der Waals surface area contributed by atoms with Crippen LogP contribution in [0.25, 0.3) is 0 Å². The lowest BCUT2D eigenvalue weighted by Crippen LogP contribution is -2.26. The number of hydrogen-bond donors (Lipinski definition) is 3. The quantitative estimate of drug-likeness (QED) is 0.627. The van der Waals surface area contributed by atoms with Crippen molar-refractivity contribution >= 4 is 17.6 Å². The Bertz CT molecular complexity index is 388. The van der Waals surface area contributed by atoms with Gasteiger partial charge < -0.3 is 16.2 Å². The van der Waals surface area contributed by atoms with Crippen molar-refractivity contribution in [3.8, 4) is 0 Å². The topological polar surface area (TPSA) is 110 Å². The van der Waals surface area contributed by atoms with Crippen LogP contribution in [0, 0.1) is 5.92 Å². The van der Waals surface area contributed by atoms with Gasteiger partial charge in [-0.05, 0) is 0 Å². The number of carbonyl (C=O) groups is 2. The van der Waals surface area contributed by atoms with E-state index in [2.05, 4.69) is 10.4 Å². The number of aromatic nitrogens is 2. The number of hydrogen-bond acceptors (Lipinski definition) is 4. The Labute approximate surface area is 92.2 Å². The summed E-state index contributed by atoms with van der Waals surface area (Å²) in [5.74, 6) is -1.49. The van der Waals surface area contributed by atoms with Crippen LogP contribution in [-0.4, -0.2) is 33.3 Å². The van der Waals surface area contributed by atoms with Gasteiger partial charge in [-0.1, -0.05) is 6.92 Å². The number of rotatable bonds is 5. The molecule has 0 fully saturated rings. The molecule has 0 bridgehead atoms. The van der Waals surface area contributed by atoms with Gasteiger partial charge in [0.25, 0.3) is 0 Å². The van der Waals surface area contributed by atoms with Gasteiger partial charge >= 0.3 is 5.97 Å². The Morgan fingerprint density at radius 3 is 2.94 bits per heavy atom. The molecule has 1 heterocycles. The van der Waals surface area contributed by atoms with E-state index in [9.17, 15) is 9.59 Å². The highest BCUT2D eigenvalue weighted by Gasteiger charge is 2.12. The molecule has 7 heteroatoms. The van der Waals surface area contributed by atoms with Gasteiger partial charge in [-0.25, -0.2) is 0 Å². The van der Waals surface area contributed by atoms with E-state index in [4.69, 9.17) is 10.8 Å². The minimum absolute atomic E-state index is 0.211. The highest BCUT2D eigenvalue weighted by Crippen LogP contribution is 2.06. The second kappa shape index (κ2) is 5.26. The molecule has 1 aromatic heterocycles. The molecule has 1 rings (SSSR count). The fourth-order valence-corrected chi connectivity index (χ4v) is 1.03. The summed E-state index contributed by atoms with van der Waals surface area (Å²) in [6.07, 6.45) is 2.85. The minimum atomic E-state index is -0.990. The molecule has 0 aliphatic rings. The Morgan fingerprint density at radius 2 is 2.38 bits per heavy atom. The molecule has 0 spiro atoms. The second-order valence-corrected chi connectivity index (χ2v) is 3.45. The average Bonchev–Trinajstić information content (AvgIpc) is 2.63. The SMILES string of the molecule is CC(CN)C(=O)Nc1cnn(CC(=O)O)c1. The zero-order chi connectivity index (χ0) is 12.1. The maximum Gasteiger partial charge on any atom is 0.325 e. The first-order valence-electron chi connectivity index (χ1n) is 4.78. The summed E-state index contributed by atoms with van der Waals surface area (Å²) in [6, 6.07) is 0. The summed E-state index contributed by atoms with van der Waals surface area (Å²) in [5.41, 5.74) is 5.80. The normalized spacial score (nSPS) is 12.1. The maximum absolute atomic E-state index is 11.4. The number of aliphatic carboxylic acids is 1. The second-order valence-electron chi connectivity index (χ2n) is 3.45. The number of amides is 1. The van der Waals surface area contributed by atoms with Gasteiger partial charge in [0.2, 0.25) is 5.91 Å². The maximum atomic E-state index is 11.4. The van der Waals surface area contributed by atoms with Crippen molar-refractivity contribution in [1.29, 1.82) is 0 Å². The Morgan fingerprint density at radius 1 is 1.69 bits per heavy atom. The molecule has 88 valence electrons. The van der Waals surface area contributed by atoms with Crippen LogP contribution in [0.15, 0.2) is 12.4 Å². The first-order valence-corrected chi connectivity index (χ1v) is 4.78. The van der Waals surface area contributed by atoms with Crippen LogP contribution in [0.1, 0.15) is 6.92 Å². The van der Waals surface area contributed by atoms with Crippen LogP contribution >= 0.6 is 0 Å². The van der Waals surface area contributed by atoms with Crippen LogP contribution in [0.5, 0.6) is 0 Å². The lowest BCUT2D eigenvalue weighted by molar-refractivity contribution is -0.137. The molecule has 7 nitrogen and oxygen atoms in total. The van der Waals surface area contributed by atoms with E-state index in [1.165, 1.54) is 17.1 Å². The number of anilines is 1. The summed E-state index contributed by atoms with van der Waals surface area (Å²) >= 11 is 0. The van der Waals surface area contributed by atoms with E-state index in [0.29, 0.717) is 5.69 Å². The summed E-state index contributed by atoms with van der Waals surface area (Å²) in [5, 5.41) is 14.9. The molecule has 0 aliphatic carbocycles. The van der Waals surface area contributed by atoms with Crippen molar-refractivity contribution in [2.75, 3.05) is 11.9 Å². The van der Waals surface area contributed by atoms with Crippen LogP contribution in [-0.2, 0) is 16.1 Å². The summed E-state index contributed by atoms with van der Waals surface area (Å²) in [4.78, 5) is 21.8. The van der Waals surface area contributed by atoms with Crippen LogP contribution in [0.3, 0.4) is 0 Å². The van der Waals surface area contributed by atoms with E-state index in [-0.39, 0.29) is 24.9 Å². The standard InChI is InChI=1S/C9H14N4O3/c1-6(2-10)9(16)12-7-3-11-13(4-7)5-8(14)15/h3-4,6H,2,5,10H2,1H3,(H,12,16)(H,14,15). The average molecular weight is 226 g/mol. The smallest absolute Gasteiger partial charge is 0.325 e. The van der Waals surface area contributed by atoms with Gasteiger partial charge in [0.1, 0.15) is 6.54 Å². The van der Waals surface area contributed by atoms with E-state index in [0.717, 1.165) is 0 Å². The summed E-state index contributed by atoms with van der Waals surface area (Å²) in [7, 11) is 0. The third kappa shape index (κ3) is 3.35. The zero-order valence-corrected chi connectivity index (χ0v) is 8.88. The number of carboxylic acids is 1. The molecule has 1 unspecified atom stereocenters. The highest BCUT2D eigenvalue weighted by atomic mass is 16.4. The number of nitrogens with two attached hydrogens (primary N) is 1. The fraction of sp³-hybridized carbons (Fsp3) is 0.444. The van der Waals surface area contributed by atoms with Crippen molar-refractivity contribution in [2.24, 2.45) is 11.7 Å². The van der Waals surface area contributed by atoms with Crippen molar-refractivity contribution in [3.63, 3.8) is 0 Å². The van der Waals surface area contributed by atoms with Crippen molar-refractivity contribution < 1.29 is 14.7 Å². The van der Waals surface area contributed by atoms with Gasteiger partial charge in [-0.15, -0.1) is 0 Å². The molecule has 0 aromatic carbocycles. The van der Waals surface area contributed by atoms with Gasteiger partial charge in [-0.3, -0.25) is 14.3 Å². The van der Waals surface area contributed by atoms with Crippen LogP contribution in [0.2, 0.25) is 0 Å². The Balaban J connectivity index is 2.58. The number of nitrogens with zero attached hydrogens (tertiary/aromatic N) is 2. The Kier molecular flexibility index (Phi) is 4.01. The lowest BCUT2D eigenvalue weighted by atomic mass is 10.2. The van der Waals surface area contributed by atoms with Crippen LogP contribution in [0.4, 0.5) is 5.69 Å². The molecule has 0 radical (unpaired) electrons. The molecule has 16 heavy (non-hydrogen) atoms. The van der Waals surface area contributed by atoms with E-state index < -0.39 is 5.97 Å². The van der Waals surface area contributed by atoms with Crippen molar-refractivity contribution in [2.45, 2.75) is 13.5 Å². The highest BCUT2D eigenvalue weighted by molar-refractivity contribution is 5.92. The molecular formula is C9H14N4O3. The van der Waals surface area contributed by atoms with Gasteiger partial charge in [0, 0.05) is 18.7 Å². The third-order valence-electron chi connectivity index (χ3n) is 2.00. The van der Waals surface area contributed by atoms with Gasteiger partial charge in [0.05, 0.1) is 11.9 Å². The molecule has 1 aromatic rings. The molecule has 0 saturated carbocycles. The summed E-state index contributed by atoms with van der Waals surface area (Å²) < 4.78 is 1.23. The van der Waals surface area contributed by atoms with E-state index in [1.807, 2.05) is 0 Å². The molecule has 1 atom stereocenters. The number of nitrogens with one attached hydrogen (secondary N) is 1. The van der Waals surface area contributed by atoms with Gasteiger partial charge in [-0.2, -0.15) is 5.10 Å². The predicted octanol–water partition coefficient (Wildman–Crippen LogP) is -0.499. The number of carboxylic acid groups (broad SMARTS) is 1. The largest absolute Gasteiger partial charge is 0.480 e. The molecular weight excluding hydrogens is 212 g/mol. The van der Waals surface area contributed by atoms with Crippen LogP contribution < -0.4 is 11.1 Å². The summed E-state index contributed by atoms with van der Waals surface area (Å²) in [6.45, 7) is 1.73. The molecule has 1 amide bonds. The minimum Gasteiger partial charge on any atom is -0.480 e. The van der Waals surface area contributed by atoms with Crippen molar-refractivity contribution in [3.05, 3.63) is 12.4 Å². The number of carbonyl (C=O) groups excluding carboxylic acids is 1.